The van der Waals surface area contributed by atoms with E-state index in [0.717, 1.165) is 15.6 Å². The van der Waals surface area contributed by atoms with Crippen molar-refractivity contribution in [3.8, 4) is 16.9 Å². The van der Waals surface area contributed by atoms with Crippen molar-refractivity contribution in [1.82, 2.24) is 0 Å². The van der Waals surface area contributed by atoms with Crippen molar-refractivity contribution in [1.29, 1.82) is 0 Å². The molecule has 0 radical (unpaired) electrons. The van der Waals surface area contributed by atoms with Crippen molar-refractivity contribution in [3.05, 3.63) is 82.6 Å². The molecule has 32 heavy (non-hydrogen) atoms. The molecule has 1 aliphatic heterocycles. The Balaban J connectivity index is 1.47. The van der Waals surface area contributed by atoms with Crippen LogP contribution in [-0.2, 0) is 16.2 Å². The van der Waals surface area contributed by atoms with Crippen LogP contribution >= 0.6 is 27.5 Å². The van der Waals surface area contributed by atoms with Crippen LogP contribution in [0.4, 0.5) is 10.1 Å². The fourth-order valence-electron chi connectivity index (χ4n) is 3.67. The van der Waals surface area contributed by atoms with Gasteiger partial charge in [-0.05, 0) is 71.6 Å². The molecule has 164 valence electrons. The lowest BCUT2D eigenvalue weighted by molar-refractivity contribution is -0.127. The second-order valence-electron chi connectivity index (χ2n) is 7.64. The largest absolute Gasteiger partial charge is 0.489 e. The zero-order valence-corrected chi connectivity index (χ0v) is 19.4. The number of amides is 1. The highest BCUT2D eigenvalue weighted by molar-refractivity contribution is 9.10. The molecule has 0 aromatic heterocycles. The molecule has 1 aliphatic rings. The molecule has 1 amide bonds. The maximum absolute atomic E-state index is 14.0. The lowest BCUT2D eigenvalue weighted by atomic mass is 9.91. The molecule has 0 N–H and O–H groups in total. The van der Waals surface area contributed by atoms with Crippen LogP contribution in [0.25, 0.3) is 11.1 Å². The zero-order valence-electron chi connectivity index (χ0n) is 17.1. The van der Waals surface area contributed by atoms with E-state index in [1.54, 1.807) is 11.0 Å². The molecular formula is C25H20BrClFNO3. The van der Waals surface area contributed by atoms with Crippen molar-refractivity contribution in [2.75, 3.05) is 11.4 Å². The number of β-lactam (4-membered cyclic amide) rings is 1. The normalized spacial score (nSPS) is 15.4. The summed E-state index contributed by atoms with van der Waals surface area (Å²) >= 11 is 8.80. The van der Waals surface area contributed by atoms with Crippen molar-refractivity contribution >= 4 is 44.4 Å². The minimum atomic E-state index is -0.443. The minimum absolute atomic E-state index is 0.0785. The maximum atomic E-state index is 14.0. The Hall–Kier alpha value is -2.70. The van der Waals surface area contributed by atoms with Gasteiger partial charge in [-0.1, -0.05) is 40.2 Å². The summed E-state index contributed by atoms with van der Waals surface area (Å²) in [6, 6.07) is 19.6. The standard InChI is InChI=1S/C25H20BrClFNO3/c26-19-6-1-16(2-7-19)15-32-21-9-3-17(4-10-21)22-13-20(28)8-11-23(22)29-14-18(25(29)31)5-12-24(27)30/h1-4,6-11,13,18H,5,12,14-15H2. The van der Waals surface area contributed by atoms with Crippen LogP contribution in [0, 0.1) is 11.7 Å². The van der Waals surface area contributed by atoms with E-state index in [9.17, 15) is 14.0 Å². The smallest absolute Gasteiger partial charge is 0.231 e. The van der Waals surface area contributed by atoms with Gasteiger partial charge < -0.3 is 9.64 Å². The summed E-state index contributed by atoms with van der Waals surface area (Å²) in [4.78, 5) is 25.2. The van der Waals surface area contributed by atoms with Gasteiger partial charge in [-0.15, -0.1) is 0 Å². The van der Waals surface area contributed by atoms with E-state index in [0.29, 0.717) is 36.6 Å². The number of rotatable bonds is 8. The molecule has 0 aliphatic carbocycles. The second kappa shape index (κ2) is 9.84. The van der Waals surface area contributed by atoms with Crippen LogP contribution in [0.5, 0.6) is 5.75 Å². The third-order valence-corrected chi connectivity index (χ3v) is 6.16. The van der Waals surface area contributed by atoms with E-state index in [-0.39, 0.29) is 24.1 Å². The van der Waals surface area contributed by atoms with E-state index in [4.69, 9.17) is 16.3 Å². The molecule has 3 aromatic rings. The number of carbonyl (C=O) groups is 2. The van der Waals surface area contributed by atoms with Crippen molar-refractivity contribution in [3.63, 3.8) is 0 Å². The van der Waals surface area contributed by atoms with Crippen LogP contribution in [-0.4, -0.2) is 17.7 Å². The number of halogens is 3. The highest BCUT2D eigenvalue weighted by atomic mass is 79.9. The van der Waals surface area contributed by atoms with Crippen LogP contribution in [0.15, 0.2) is 71.2 Å². The summed E-state index contributed by atoms with van der Waals surface area (Å²) in [6.07, 6.45) is 0.600. The van der Waals surface area contributed by atoms with Crippen molar-refractivity contribution < 1.29 is 18.7 Å². The number of carbonyl (C=O) groups excluding carboxylic acids is 2. The van der Waals surface area contributed by atoms with Gasteiger partial charge in [0.15, 0.2) is 0 Å². The third-order valence-electron chi connectivity index (χ3n) is 5.44. The summed E-state index contributed by atoms with van der Waals surface area (Å²) < 4.78 is 20.9. The SMILES string of the molecule is O=C(Cl)CCC1CN(c2ccc(F)cc2-c2ccc(OCc3ccc(Br)cc3)cc2)C1=O. The average molecular weight is 517 g/mol. The molecule has 3 aromatic carbocycles. The topological polar surface area (TPSA) is 46.6 Å². The first-order valence-corrected chi connectivity index (χ1v) is 11.3. The lowest BCUT2D eigenvalue weighted by Crippen LogP contribution is -2.53. The first-order chi connectivity index (χ1) is 15.4. The molecular weight excluding hydrogens is 497 g/mol. The summed E-state index contributed by atoms with van der Waals surface area (Å²) in [5.74, 6) is 0.00671. The van der Waals surface area contributed by atoms with E-state index < -0.39 is 5.24 Å². The molecule has 0 bridgehead atoms. The fourth-order valence-corrected chi connectivity index (χ4v) is 4.04. The van der Waals surface area contributed by atoms with Crippen LogP contribution in [0.1, 0.15) is 18.4 Å². The highest BCUT2D eigenvalue weighted by Gasteiger charge is 2.38. The lowest BCUT2D eigenvalue weighted by Gasteiger charge is -2.39. The van der Waals surface area contributed by atoms with Gasteiger partial charge in [0.1, 0.15) is 18.2 Å². The van der Waals surface area contributed by atoms with E-state index in [2.05, 4.69) is 15.9 Å². The van der Waals surface area contributed by atoms with Crippen LogP contribution < -0.4 is 9.64 Å². The molecule has 1 fully saturated rings. The second-order valence-corrected chi connectivity index (χ2v) is 8.98. The molecule has 1 heterocycles. The Morgan fingerprint density at radius 3 is 2.47 bits per heavy atom. The van der Waals surface area contributed by atoms with Crippen LogP contribution in [0.3, 0.4) is 0 Å². The van der Waals surface area contributed by atoms with Gasteiger partial charge in [0.25, 0.3) is 0 Å². The molecule has 4 rings (SSSR count). The molecule has 0 spiro atoms. The van der Waals surface area contributed by atoms with Crippen molar-refractivity contribution in [2.45, 2.75) is 19.4 Å². The first-order valence-electron chi connectivity index (χ1n) is 10.2. The van der Waals surface area contributed by atoms with E-state index >= 15 is 0 Å². The third kappa shape index (κ3) is 5.19. The van der Waals surface area contributed by atoms with Crippen molar-refractivity contribution in [2.24, 2.45) is 5.92 Å². The monoisotopic (exact) mass is 515 g/mol. The Kier molecular flexibility index (Phi) is 6.92. The highest BCUT2D eigenvalue weighted by Crippen LogP contribution is 2.37. The predicted molar refractivity (Wildman–Crippen MR) is 126 cm³/mol. The van der Waals surface area contributed by atoms with Gasteiger partial charge in [0.2, 0.25) is 11.1 Å². The zero-order chi connectivity index (χ0) is 22.7. The Labute approximate surface area is 199 Å². The molecule has 0 saturated carbocycles. The summed E-state index contributed by atoms with van der Waals surface area (Å²) in [5.41, 5.74) is 3.10. The fraction of sp³-hybridized carbons (Fsp3) is 0.200. The first kappa shape index (κ1) is 22.5. The Morgan fingerprint density at radius 1 is 1.09 bits per heavy atom. The van der Waals surface area contributed by atoms with E-state index in [1.807, 2.05) is 48.5 Å². The van der Waals surface area contributed by atoms with Gasteiger partial charge >= 0.3 is 0 Å². The minimum Gasteiger partial charge on any atom is -0.489 e. The number of anilines is 1. The summed E-state index contributed by atoms with van der Waals surface area (Å²) in [5, 5.41) is -0.443. The molecule has 4 nitrogen and oxygen atoms in total. The van der Waals surface area contributed by atoms with Gasteiger partial charge in [-0.2, -0.15) is 0 Å². The number of nitrogens with zero attached hydrogens (tertiary/aromatic N) is 1. The van der Waals surface area contributed by atoms with E-state index in [1.165, 1.54) is 12.1 Å². The summed E-state index contributed by atoms with van der Waals surface area (Å²) in [6.45, 7) is 0.919. The van der Waals surface area contributed by atoms with Gasteiger partial charge in [-0.3, -0.25) is 9.59 Å². The Morgan fingerprint density at radius 2 is 1.81 bits per heavy atom. The van der Waals surface area contributed by atoms with Crippen LogP contribution in [0.2, 0.25) is 0 Å². The van der Waals surface area contributed by atoms with Gasteiger partial charge in [-0.25, -0.2) is 4.39 Å². The van der Waals surface area contributed by atoms with Gasteiger partial charge in [0, 0.05) is 23.0 Å². The quantitative estimate of drug-likeness (QED) is 0.259. The average Bonchev–Trinajstić information content (AvgIpc) is 2.78. The van der Waals surface area contributed by atoms with Gasteiger partial charge in [0.05, 0.1) is 11.6 Å². The predicted octanol–water partition coefficient (Wildman–Crippen LogP) is 6.34. The molecule has 7 heteroatoms. The maximum Gasteiger partial charge on any atom is 0.231 e. The molecule has 1 saturated heterocycles. The number of benzene rings is 3. The molecule has 1 atom stereocenters. The number of ether oxygens (including phenoxy) is 1. The Bertz CT molecular complexity index is 1130. The number of hydrogen-bond acceptors (Lipinski definition) is 3. The molecule has 1 unspecified atom stereocenters. The number of hydrogen-bond donors (Lipinski definition) is 0. The summed E-state index contributed by atoms with van der Waals surface area (Å²) in [7, 11) is 0.